The average molecular weight is 247 g/mol. The Bertz CT molecular complexity index is 433. The van der Waals surface area contributed by atoms with Crippen molar-refractivity contribution >= 4 is 0 Å². The third-order valence-corrected chi connectivity index (χ3v) is 3.01. The van der Waals surface area contributed by atoms with Gasteiger partial charge in [0.1, 0.15) is 11.5 Å². The van der Waals surface area contributed by atoms with Crippen molar-refractivity contribution in [1.82, 2.24) is 0 Å². The van der Waals surface area contributed by atoms with Crippen molar-refractivity contribution in [2.45, 2.75) is 40.0 Å². The van der Waals surface area contributed by atoms with Gasteiger partial charge in [0, 0.05) is 5.56 Å². The highest BCUT2D eigenvalue weighted by atomic mass is 16.5. The standard InChI is InChI=1S/C15H21NO2/c1-12-13(17)7-6-8-14(12)18-10-5-4-9-15(2,3)11-16/h6-8,17H,4-5,9-10H2,1-3H3. The van der Waals surface area contributed by atoms with Crippen molar-refractivity contribution in [3.05, 3.63) is 23.8 Å². The molecule has 0 amide bonds. The van der Waals surface area contributed by atoms with E-state index in [0.717, 1.165) is 30.6 Å². The average Bonchev–Trinajstić information content (AvgIpc) is 2.34. The second kappa shape index (κ2) is 6.30. The molecule has 1 aromatic rings. The van der Waals surface area contributed by atoms with Crippen LogP contribution in [0.4, 0.5) is 0 Å². The number of hydrogen-bond donors (Lipinski definition) is 1. The number of rotatable bonds is 6. The fraction of sp³-hybridized carbons (Fsp3) is 0.533. The van der Waals surface area contributed by atoms with E-state index in [2.05, 4.69) is 6.07 Å². The molecule has 0 spiro atoms. The van der Waals surface area contributed by atoms with Gasteiger partial charge in [-0.05, 0) is 52.2 Å². The Morgan fingerprint density at radius 3 is 2.72 bits per heavy atom. The van der Waals surface area contributed by atoms with Crippen LogP contribution in [0.25, 0.3) is 0 Å². The number of hydrogen-bond acceptors (Lipinski definition) is 3. The Kier molecular flexibility index (Phi) is 5.03. The normalized spacial score (nSPS) is 11.0. The van der Waals surface area contributed by atoms with Crippen LogP contribution in [0.3, 0.4) is 0 Å². The van der Waals surface area contributed by atoms with Gasteiger partial charge in [0.05, 0.1) is 18.1 Å². The van der Waals surface area contributed by atoms with Crippen molar-refractivity contribution in [3.8, 4) is 17.6 Å². The highest BCUT2D eigenvalue weighted by molar-refractivity contribution is 5.42. The van der Waals surface area contributed by atoms with Crippen molar-refractivity contribution in [2.75, 3.05) is 6.61 Å². The topological polar surface area (TPSA) is 53.2 Å². The van der Waals surface area contributed by atoms with E-state index in [1.54, 1.807) is 12.1 Å². The summed E-state index contributed by atoms with van der Waals surface area (Å²) in [4.78, 5) is 0. The molecule has 0 aliphatic heterocycles. The zero-order valence-electron chi connectivity index (χ0n) is 11.4. The van der Waals surface area contributed by atoms with Gasteiger partial charge < -0.3 is 9.84 Å². The molecule has 1 N–H and O–H groups in total. The lowest BCUT2D eigenvalue weighted by Crippen LogP contribution is -2.08. The van der Waals surface area contributed by atoms with Crippen LogP contribution in [-0.4, -0.2) is 11.7 Å². The van der Waals surface area contributed by atoms with E-state index in [9.17, 15) is 5.11 Å². The highest BCUT2D eigenvalue weighted by Gasteiger charge is 2.15. The third kappa shape index (κ3) is 4.29. The predicted octanol–water partition coefficient (Wildman–Crippen LogP) is 3.80. The van der Waals surface area contributed by atoms with Gasteiger partial charge in [0.15, 0.2) is 0 Å². The zero-order chi connectivity index (χ0) is 13.6. The lowest BCUT2D eigenvalue weighted by Gasteiger charge is -2.15. The van der Waals surface area contributed by atoms with Gasteiger partial charge in [0.25, 0.3) is 0 Å². The van der Waals surface area contributed by atoms with Gasteiger partial charge in [-0.1, -0.05) is 6.07 Å². The first-order valence-corrected chi connectivity index (χ1v) is 6.29. The summed E-state index contributed by atoms with van der Waals surface area (Å²) in [7, 11) is 0. The van der Waals surface area contributed by atoms with Crippen LogP contribution in [0.2, 0.25) is 0 Å². The molecular formula is C15H21NO2. The third-order valence-electron chi connectivity index (χ3n) is 3.01. The Morgan fingerprint density at radius 1 is 1.33 bits per heavy atom. The predicted molar refractivity (Wildman–Crippen MR) is 71.6 cm³/mol. The van der Waals surface area contributed by atoms with Crippen LogP contribution in [0.15, 0.2) is 18.2 Å². The molecule has 1 rings (SSSR count). The molecule has 0 saturated heterocycles. The maximum Gasteiger partial charge on any atom is 0.125 e. The van der Waals surface area contributed by atoms with Crippen LogP contribution >= 0.6 is 0 Å². The van der Waals surface area contributed by atoms with Gasteiger partial charge in [-0.3, -0.25) is 0 Å². The number of ether oxygens (including phenoxy) is 1. The minimum absolute atomic E-state index is 0.249. The summed E-state index contributed by atoms with van der Waals surface area (Å²) in [6.45, 7) is 6.36. The van der Waals surface area contributed by atoms with Crippen LogP contribution in [0, 0.1) is 23.7 Å². The molecule has 98 valence electrons. The summed E-state index contributed by atoms with van der Waals surface area (Å²) >= 11 is 0. The number of nitriles is 1. The maximum absolute atomic E-state index is 9.53. The van der Waals surface area contributed by atoms with Crippen molar-refractivity contribution in [3.63, 3.8) is 0 Å². The van der Waals surface area contributed by atoms with Gasteiger partial charge in [0.2, 0.25) is 0 Å². The summed E-state index contributed by atoms with van der Waals surface area (Å²) in [5, 5.41) is 18.4. The molecule has 3 nitrogen and oxygen atoms in total. The molecule has 0 heterocycles. The molecule has 1 aromatic carbocycles. The molecule has 3 heteroatoms. The number of phenols is 1. The lowest BCUT2D eigenvalue weighted by molar-refractivity contribution is 0.291. The number of nitrogens with zero attached hydrogens (tertiary/aromatic N) is 1. The summed E-state index contributed by atoms with van der Waals surface area (Å²) < 4.78 is 5.62. The Hall–Kier alpha value is -1.69. The van der Waals surface area contributed by atoms with Gasteiger partial charge >= 0.3 is 0 Å². The molecule has 0 aromatic heterocycles. The summed E-state index contributed by atoms with van der Waals surface area (Å²) in [6, 6.07) is 7.57. The second-order valence-corrected chi connectivity index (χ2v) is 5.20. The fourth-order valence-electron chi connectivity index (χ4n) is 1.67. The maximum atomic E-state index is 9.53. The molecule has 0 aliphatic carbocycles. The second-order valence-electron chi connectivity index (χ2n) is 5.20. The molecule has 0 fully saturated rings. The first-order chi connectivity index (χ1) is 8.46. The summed E-state index contributed by atoms with van der Waals surface area (Å²) in [5.74, 6) is 0.993. The summed E-state index contributed by atoms with van der Waals surface area (Å²) in [5.41, 5.74) is 0.524. The van der Waals surface area contributed by atoms with E-state index in [1.165, 1.54) is 0 Å². The number of aromatic hydroxyl groups is 1. The molecular weight excluding hydrogens is 226 g/mol. The largest absolute Gasteiger partial charge is 0.508 e. The van der Waals surface area contributed by atoms with E-state index < -0.39 is 0 Å². The quantitative estimate of drug-likeness (QED) is 0.778. The smallest absolute Gasteiger partial charge is 0.125 e. The summed E-state index contributed by atoms with van der Waals surface area (Å²) in [6.07, 6.45) is 2.77. The van der Waals surface area contributed by atoms with E-state index in [1.807, 2.05) is 26.8 Å². The zero-order valence-corrected chi connectivity index (χ0v) is 11.4. The van der Waals surface area contributed by atoms with E-state index in [4.69, 9.17) is 10.00 Å². The SMILES string of the molecule is Cc1c(O)cccc1OCCCCC(C)(C)C#N. The van der Waals surface area contributed by atoms with Gasteiger partial charge in [-0.15, -0.1) is 0 Å². The van der Waals surface area contributed by atoms with Crippen LogP contribution in [0.1, 0.15) is 38.7 Å². The molecule has 18 heavy (non-hydrogen) atoms. The van der Waals surface area contributed by atoms with Crippen molar-refractivity contribution < 1.29 is 9.84 Å². The Balaban J connectivity index is 2.31. The van der Waals surface area contributed by atoms with Crippen LogP contribution < -0.4 is 4.74 Å². The Morgan fingerprint density at radius 2 is 2.06 bits per heavy atom. The molecule has 0 atom stereocenters. The van der Waals surface area contributed by atoms with Crippen LogP contribution in [0.5, 0.6) is 11.5 Å². The van der Waals surface area contributed by atoms with Crippen molar-refractivity contribution in [1.29, 1.82) is 5.26 Å². The monoisotopic (exact) mass is 247 g/mol. The minimum Gasteiger partial charge on any atom is -0.508 e. The number of phenolic OH excluding ortho intramolecular Hbond substituents is 1. The number of unbranched alkanes of at least 4 members (excludes halogenated alkanes) is 1. The molecule has 0 unspecified atom stereocenters. The first kappa shape index (κ1) is 14.4. The number of benzene rings is 1. The molecule has 0 aliphatic rings. The van der Waals surface area contributed by atoms with Crippen LogP contribution in [-0.2, 0) is 0 Å². The minimum atomic E-state index is -0.249. The van der Waals surface area contributed by atoms with E-state index in [-0.39, 0.29) is 11.2 Å². The van der Waals surface area contributed by atoms with Crippen molar-refractivity contribution in [2.24, 2.45) is 5.41 Å². The van der Waals surface area contributed by atoms with Gasteiger partial charge in [-0.2, -0.15) is 5.26 Å². The molecule has 0 bridgehead atoms. The van der Waals surface area contributed by atoms with E-state index in [0.29, 0.717) is 6.61 Å². The van der Waals surface area contributed by atoms with E-state index >= 15 is 0 Å². The fourth-order valence-corrected chi connectivity index (χ4v) is 1.67. The molecule has 0 radical (unpaired) electrons. The first-order valence-electron chi connectivity index (χ1n) is 6.29. The lowest BCUT2D eigenvalue weighted by atomic mass is 9.89. The highest BCUT2D eigenvalue weighted by Crippen LogP contribution is 2.26. The Labute approximate surface area is 109 Å². The van der Waals surface area contributed by atoms with Gasteiger partial charge in [-0.25, -0.2) is 0 Å². The molecule has 0 saturated carbocycles.